The fourth-order valence-electron chi connectivity index (χ4n) is 3.34. The lowest BCUT2D eigenvalue weighted by Gasteiger charge is -2.22. The molecule has 0 radical (unpaired) electrons. The monoisotopic (exact) mass is 351 g/mol. The van der Waals surface area contributed by atoms with Crippen molar-refractivity contribution < 1.29 is 9.53 Å². The molecular weight excluding hydrogens is 326 g/mol. The molecule has 1 saturated heterocycles. The normalized spacial score (nSPS) is 17.2. The summed E-state index contributed by atoms with van der Waals surface area (Å²) in [5.41, 5.74) is 3.05. The maximum Gasteiger partial charge on any atom is 0.337 e. The molecule has 136 valence electrons. The molecule has 3 rings (SSSR count). The lowest BCUT2D eigenvalue weighted by molar-refractivity contribution is 0.0600. The second kappa shape index (κ2) is 8.52. The second-order valence-electron chi connectivity index (χ2n) is 6.43. The molecule has 2 aromatic rings. The highest BCUT2D eigenvalue weighted by molar-refractivity contribution is 5.89. The fourth-order valence-corrected chi connectivity index (χ4v) is 3.34. The third kappa shape index (κ3) is 4.23. The van der Waals surface area contributed by atoms with Crippen LogP contribution in [0.2, 0.25) is 0 Å². The molecule has 1 heterocycles. The molecule has 1 unspecified atom stereocenters. The van der Waals surface area contributed by atoms with Crippen LogP contribution >= 0.6 is 0 Å². The van der Waals surface area contributed by atoms with Crippen molar-refractivity contribution in [3.63, 3.8) is 0 Å². The average molecular weight is 351 g/mol. The lowest BCUT2D eigenvalue weighted by atomic mass is 9.99. The smallest absolute Gasteiger partial charge is 0.337 e. The third-order valence-corrected chi connectivity index (χ3v) is 4.80. The lowest BCUT2D eigenvalue weighted by Crippen LogP contribution is -2.39. The number of hydrogen-bond donors (Lipinski definition) is 1. The van der Waals surface area contributed by atoms with Crippen LogP contribution in [0, 0.1) is 0 Å². The van der Waals surface area contributed by atoms with Gasteiger partial charge in [0.05, 0.1) is 12.7 Å². The molecule has 26 heavy (non-hydrogen) atoms. The second-order valence-corrected chi connectivity index (χ2v) is 6.43. The van der Waals surface area contributed by atoms with Gasteiger partial charge in [-0.3, -0.25) is 4.99 Å². The molecule has 0 saturated carbocycles. The number of ether oxygens (including phenoxy) is 1. The van der Waals surface area contributed by atoms with Crippen LogP contribution in [0.15, 0.2) is 59.6 Å². The minimum Gasteiger partial charge on any atom is -0.465 e. The number of esters is 1. The number of nitrogens with zero attached hydrogens (tertiary/aromatic N) is 2. The van der Waals surface area contributed by atoms with Crippen molar-refractivity contribution in [3.05, 3.63) is 71.3 Å². The van der Waals surface area contributed by atoms with Crippen LogP contribution in [0.1, 0.15) is 33.8 Å². The van der Waals surface area contributed by atoms with Gasteiger partial charge in [-0.25, -0.2) is 4.79 Å². The Morgan fingerprint density at radius 3 is 2.58 bits per heavy atom. The SMILES string of the molecule is CN=C(NCc1ccc(C(=O)OC)cc1)N1CCC(c2ccccc2)C1. The zero-order chi connectivity index (χ0) is 18.4. The summed E-state index contributed by atoms with van der Waals surface area (Å²) < 4.78 is 4.73. The average Bonchev–Trinajstić information content (AvgIpc) is 3.19. The van der Waals surface area contributed by atoms with E-state index in [2.05, 4.69) is 45.5 Å². The van der Waals surface area contributed by atoms with Gasteiger partial charge in [-0.2, -0.15) is 0 Å². The maximum atomic E-state index is 11.5. The van der Waals surface area contributed by atoms with Gasteiger partial charge in [-0.15, -0.1) is 0 Å². The molecule has 1 aliphatic rings. The molecule has 1 atom stereocenters. The molecule has 1 fully saturated rings. The van der Waals surface area contributed by atoms with Crippen LogP contribution in [-0.2, 0) is 11.3 Å². The third-order valence-electron chi connectivity index (χ3n) is 4.80. The molecular formula is C21H25N3O2. The van der Waals surface area contributed by atoms with Crippen molar-refractivity contribution in [2.75, 3.05) is 27.2 Å². The van der Waals surface area contributed by atoms with Gasteiger partial charge in [-0.05, 0) is 29.7 Å². The summed E-state index contributed by atoms with van der Waals surface area (Å²) in [7, 11) is 3.21. The zero-order valence-electron chi connectivity index (χ0n) is 15.3. The Bertz CT molecular complexity index is 757. The summed E-state index contributed by atoms with van der Waals surface area (Å²) >= 11 is 0. The molecule has 0 amide bonds. The number of methoxy groups -OCH3 is 1. The van der Waals surface area contributed by atoms with Gasteiger partial charge < -0.3 is 15.0 Å². The minimum absolute atomic E-state index is 0.315. The molecule has 2 aromatic carbocycles. The number of hydrogen-bond acceptors (Lipinski definition) is 3. The summed E-state index contributed by atoms with van der Waals surface area (Å²) in [6.07, 6.45) is 1.14. The van der Waals surface area contributed by atoms with Gasteiger partial charge in [0.1, 0.15) is 0 Å². The summed E-state index contributed by atoms with van der Waals surface area (Å²) in [5, 5.41) is 3.42. The molecule has 0 bridgehead atoms. The number of carbonyl (C=O) groups is 1. The van der Waals surface area contributed by atoms with Crippen LogP contribution in [0.25, 0.3) is 0 Å². The maximum absolute atomic E-state index is 11.5. The summed E-state index contributed by atoms with van der Waals surface area (Å²) in [6.45, 7) is 2.64. The van der Waals surface area contributed by atoms with Crippen molar-refractivity contribution in [3.8, 4) is 0 Å². The molecule has 0 aromatic heterocycles. The van der Waals surface area contributed by atoms with Crippen molar-refractivity contribution in [1.29, 1.82) is 0 Å². The highest BCUT2D eigenvalue weighted by atomic mass is 16.5. The number of rotatable bonds is 4. The minimum atomic E-state index is -0.315. The topological polar surface area (TPSA) is 53.9 Å². The van der Waals surface area contributed by atoms with E-state index < -0.39 is 0 Å². The van der Waals surface area contributed by atoms with Crippen molar-refractivity contribution >= 4 is 11.9 Å². The van der Waals surface area contributed by atoms with Crippen molar-refractivity contribution in [1.82, 2.24) is 10.2 Å². The van der Waals surface area contributed by atoms with Gasteiger partial charge in [0.2, 0.25) is 0 Å². The number of likely N-dealkylation sites (tertiary alicyclic amines) is 1. The number of guanidine groups is 1. The van der Waals surface area contributed by atoms with Crippen LogP contribution < -0.4 is 5.32 Å². The van der Waals surface area contributed by atoms with Crippen LogP contribution in [-0.4, -0.2) is 44.1 Å². The van der Waals surface area contributed by atoms with E-state index in [1.54, 1.807) is 12.1 Å². The van der Waals surface area contributed by atoms with E-state index in [-0.39, 0.29) is 5.97 Å². The molecule has 5 nitrogen and oxygen atoms in total. The van der Waals surface area contributed by atoms with E-state index >= 15 is 0 Å². The number of aliphatic imine (C=N–C) groups is 1. The Hall–Kier alpha value is -2.82. The van der Waals surface area contributed by atoms with E-state index in [1.165, 1.54) is 12.7 Å². The number of benzene rings is 2. The Kier molecular flexibility index (Phi) is 5.89. The van der Waals surface area contributed by atoms with Gasteiger partial charge in [-0.1, -0.05) is 42.5 Å². The fraction of sp³-hybridized carbons (Fsp3) is 0.333. The Morgan fingerprint density at radius 1 is 1.19 bits per heavy atom. The Morgan fingerprint density at radius 2 is 1.92 bits per heavy atom. The first-order valence-electron chi connectivity index (χ1n) is 8.89. The summed E-state index contributed by atoms with van der Waals surface area (Å²) in [5.74, 6) is 1.15. The van der Waals surface area contributed by atoms with E-state index in [0.29, 0.717) is 18.0 Å². The van der Waals surface area contributed by atoms with E-state index in [1.807, 2.05) is 19.2 Å². The Balaban J connectivity index is 1.56. The summed E-state index contributed by atoms with van der Waals surface area (Å²) in [4.78, 5) is 18.2. The highest BCUT2D eigenvalue weighted by Gasteiger charge is 2.25. The van der Waals surface area contributed by atoms with Gasteiger partial charge in [0.15, 0.2) is 5.96 Å². The van der Waals surface area contributed by atoms with Crippen LogP contribution in [0.5, 0.6) is 0 Å². The van der Waals surface area contributed by atoms with Crippen LogP contribution in [0.4, 0.5) is 0 Å². The van der Waals surface area contributed by atoms with E-state index in [0.717, 1.165) is 31.0 Å². The van der Waals surface area contributed by atoms with Crippen LogP contribution in [0.3, 0.4) is 0 Å². The standard InChI is InChI=1S/C21H25N3O2/c1-22-21(23-14-16-8-10-18(11-9-16)20(25)26-2)24-13-12-19(15-24)17-6-4-3-5-7-17/h3-11,19H,12-15H2,1-2H3,(H,22,23). The first-order valence-corrected chi connectivity index (χ1v) is 8.89. The predicted molar refractivity (Wildman–Crippen MR) is 103 cm³/mol. The van der Waals surface area contributed by atoms with E-state index in [4.69, 9.17) is 4.74 Å². The summed E-state index contributed by atoms with van der Waals surface area (Å²) in [6, 6.07) is 18.1. The number of nitrogens with one attached hydrogen (secondary N) is 1. The molecule has 5 heteroatoms. The molecule has 0 spiro atoms. The van der Waals surface area contributed by atoms with Crippen molar-refractivity contribution in [2.45, 2.75) is 18.9 Å². The molecule has 1 aliphatic heterocycles. The van der Waals surface area contributed by atoms with Gasteiger partial charge in [0, 0.05) is 32.6 Å². The highest BCUT2D eigenvalue weighted by Crippen LogP contribution is 2.26. The zero-order valence-corrected chi connectivity index (χ0v) is 15.3. The van der Waals surface area contributed by atoms with Gasteiger partial charge in [0.25, 0.3) is 0 Å². The molecule has 0 aliphatic carbocycles. The first-order chi connectivity index (χ1) is 12.7. The number of carbonyl (C=O) groups excluding carboxylic acids is 1. The van der Waals surface area contributed by atoms with Gasteiger partial charge >= 0.3 is 5.97 Å². The Labute approximate surface area is 154 Å². The van der Waals surface area contributed by atoms with E-state index in [9.17, 15) is 4.79 Å². The predicted octanol–water partition coefficient (Wildman–Crippen LogP) is 3.04. The molecule has 1 N–H and O–H groups in total. The largest absolute Gasteiger partial charge is 0.465 e. The quantitative estimate of drug-likeness (QED) is 0.523. The van der Waals surface area contributed by atoms with Crippen molar-refractivity contribution in [2.24, 2.45) is 4.99 Å². The first kappa shape index (κ1) is 18.0.